The highest BCUT2D eigenvalue weighted by Crippen LogP contribution is 2.22. The summed E-state index contributed by atoms with van der Waals surface area (Å²) in [5.41, 5.74) is 1.31. The lowest BCUT2D eigenvalue weighted by atomic mass is 10.2. The zero-order valence-electron chi connectivity index (χ0n) is 10.2. The highest BCUT2D eigenvalue weighted by Gasteiger charge is 2.11. The molecule has 2 rings (SSSR count). The Kier molecular flexibility index (Phi) is 3.48. The van der Waals surface area contributed by atoms with Gasteiger partial charge >= 0.3 is 0 Å². The van der Waals surface area contributed by atoms with E-state index in [0.717, 1.165) is 0 Å². The van der Waals surface area contributed by atoms with E-state index in [1.165, 1.54) is 6.07 Å². The first kappa shape index (κ1) is 12.6. The molecule has 0 fully saturated rings. The lowest BCUT2D eigenvalue weighted by molar-refractivity contribution is -0.385. The topological polar surface area (TPSA) is 92.1 Å². The maximum atomic E-state index is 10.8. The summed E-state index contributed by atoms with van der Waals surface area (Å²) < 4.78 is 5.20. The molecule has 1 aromatic heterocycles. The molecular weight excluding hydrogens is 246 g/mol. The first-order valence-electron chi connectivity index (χ1n) is 5.58. The van der Waals surface area contributed by atoms with Gasteiger partial charge in [0.2, 0.25) is 5.76 Å². The van der Waals surface area contributed by atoms with Crippen LogP contribution in [0.15, 0.2) is 34.7 Å². The summed E-state index contributed by atoms with van der Waals surface area (Å²) in [6, 6.07) is 10.1. The van der Waals surface area contributed by atoms with Gasteiger partial charge in [-0.1, -0.05) is 6.07 Å². The Morgan fingerprint density at radius 2 is 2.21 bits per heavy atom. The maximum absolute atomic E-state index is 10.8. The van der Waals surface area contributed by atoms with Crippen LogP contribution in [0, 0.1) is 28.4 Å². The smallest absolute Gasteiger partial charge is 0.274 e. The minimum atomic E-state index is -0.415. The Bertz CT molecular complexity index is 655. The van der Waals surface area contributed by atoms with Crippen molar-refractivity contribution in [2.75, 3.05) is 5.32 Å². The molecule has 6 nitrogen and oxygen atoms in total. The van der Waals surface area contributed by atoms with Crippen LogP contribution < -0.4 is 5.32 Å². The molecule has 1 heterocycles. The van der Waals surface area contributed by atoms with Gasteiger partial charge in [0, 0.05) is 17.3 Å². The van der Waals surface area contributed by atoms with Gasteiger partial charge in [0.1, 0.15) is 11.8 Å². The van der Waals surface area contributed by atoms with Crippen LogP contribution in [0.2, 0.25) is 0 Å². The number of nitro benzene ring substituents is 1. The van der Waals surface area contributed by atoms with Crippen LogP contribution >= 0.6 is 0 Å². The van der Waals surface area contributed by atoms with E-state index in [0.29, 0.717) is 23.6 Å². The molecule has 0 saturated heterocycles. The molecule has 0 spiro atoms. The lowest BCUT2D eigenvalue weighted by Crippen LogP contribution is -2.00. The number of furan rings is 1. The van der Waals surface area contributed by atoms with E-state index in [-0.39, 0.29) is 11.4 Å². The zero-order chi connectivity index (χ0) is 13.8. The average Bonchev–Trinajstić information content (AvgIpc) is 2.85. The maximum Gasteiger partial charge on any atom is 0.274 e. The van der Waals surface area contributed by atoms with Crippen molar-refractivity contribution in [3.05, 3.63) is 57.5 Å². The van der Waals surface area contributed by atoms with Gasteiger partial charge in [-0.2, -0.15) is 5.26 Å². The number of nitrogens with one attached hydrogen (secondary N) is 1. The van der Waals surface area contributed by atoms with Crippen molar-refractivity contribution in [2.45, 2.75) is 13.5 Å². The molecule has 0 saturated carbocycles. The van der Waals surface area contributed by atoms with E-state index >= 15 is 0 Å². The first-order chi connectivity index (χ1) is 9.10. The molecule has 0 atom stereocenters. The number of hydrogen-bond donors (Lipinski definition) is 1. The monoisotopic (exact) mass is 257 g/mol. The number of hydrogen-bond acceptors (Lipinski definition) is 5. The SMILES string of the molecule is Cc1ccc(NCc2ccc(C#N)o2)cc1[N+](=O)[O-]. The van der Waals surface area contributed by atoms with Gasteiger partial charge < -0.3 is 9.73 Å². The molecule has 0 unspecified atom stereocenters. The second kappa shape index (κ2) is 5.23. The van der Waals surface area contributed by atoms with Crippen molar-refractivity contribution < 1.29 is 9.34 Å². The molecule has 0 radical (unpaired) electrons. The van der Waals surface area contributed by atoms with Crippen molar-refractivity contribution in [3.63, 3.8) is 0 Å². The second-order valence-corrected chi connectivity index (χ2v) is 3.99. The van der Waals surface area contributed by atoms with Crippen LogP contribution in [0.25, 0.3) is 0 Å². The number of benzene rings is 1. The van der Waals surface area contributed by atoms with Crippen molar-refractivity contribution in [2.24, 2.45) is 0 Å². The van der Waals surface area contributed by atoms with E-state index in [1.54, 1.807) is 31.2 Å². The molecule has 0 aliphatic heterocycles. The van der Waals surface area contributed by atoms with Gasteiger partial charge in [0.25, 0.3) is 5.69 Å². The molecule has 0 amide bonds. The number of nitrogens with zero attached hydrogens (tertiary/aromatic N) is 2. The number of aryl methyl sites for hydroxylation is 1. The third-order valence-corrected chi connectivity index (χ3v) is 2.64. The van der Waals surface area contributed by atoms with Crippen molar-refractivity contribution in [3.8, 4) is 6.07 Å². The summed E-state index contributed by atoms with van der Waals surface area (Å²) in [4.78, 5) is 10.4. The van der Waals surface area contributed by atoms with E-state index in [4.69, 9.17) is 9.68 Å². The normalized spacial score (nSPS) is 9.89. The number of anilines is 1. The molecule has 1 N–H and O–H groups in total. The fourth-order valence-corrected chi connectivity index (χ4v) is 1.64. The summed E-state index contributed by atoms with van der Waals surface area (Å²) in [6.45, 7) is 2.05. The van der Waals surface area contributed by atoms with Gasteiger partial charge in [-0.05, 0) is 25.1 Å². The van der Waals surface area contributed by atoms with Gasteiger partial charge in [0.15, 0.2) is 0 Å². The molecule has 0 aliphatic carbocycles. The van der Waals surface area contributed by atoms with Crippen molar-refractivity contribution >= 4 is 11.4 Å². The fourth-order valence-electron chi connectivity index (χ4n) is 1.64. The first-order valence-corrected chi connectivity index (χ1v) is 5.58. The Labute approximate surface area is 109 Å². The Hall–Kier alpha value is -2.81. The van der Waals surface area contributed by atoms with Crippen molar-refractivity contribution in [1.29, 1.82) is 5.26 Å². The Balaban J connectivity index is 2.09. The summed E-state index contributed by atoms with van der Waals surface area (Å²) >= 11 is 0. The highest BCUT2D eigenvalue weighted by molar-refractivity contribution is 5.54. The summed E-state index contributed by atoms with van der Waals surface area (Å²) in [5.74, 6) is 0.839. The quantitative estimate of drug-likeness (QED) is 0.671. The molecule has 0 bridgehead atoms. The minimum Gasteiger partial charge on any atom is -0.449 e. The summed E-state index contributed by atoms with van der Waals surface area (Å²) in [7, 11) is 0. The van der Waals surface area contributed by atoms with E-state index < -0.39 is 4.92 Å². The largest absolute Gasteiger partial charge is 0.449 e. The van der Waals surface area contributed by atoms with Crippen LogP contribution in [-0.2, 0) is 6.54 Å². The van der Waals surface area contributed by atoms with Crippen LogP contribution in [0.3, 0.4) is 0 Å². The van der Waals surface area contributed by atoms with Crippen LogP contribution in [-0.4, -0.2) is 4.92 Å². The summed E-state index contributed by atoms with van der Waals surface area (Å²) in [5, 5.41) is 22.5. The van der Waals surface area contributed by atoms with E-state index in [1.807, 2.05) is 6.07 Å². The van der Waals surface area contributed by atoms with Crippen molar-refractivity contribution in [1.82, 2.24) is 0 Å². The third kappa shape index (κ3) is 2.90. The predicted molar refractivity (Wildman–Crippen MR) is 68.6 cm³/mol. The molecule has 19 heavy (non-hydrogen) atoms. The standard InChI is InChI=1S/C13H11N3O3/c1-9-2-3-10(6-13(9)16(17)18)15-8-12-5-4-11(7-14)19-12/h2-6,15H,8H2,1H3. The summed E-state index contributed by atoms with van der Waals surface area (Å²) in [6.07, 6.45) is 0. The van der Waals surface area contributed by atoms with Crippen LogP contribution in [0.4, 0.5) is 11.4 Å². The van der Waals surface area contributed by atoms with Crippen LogP contribution in [0.5, 0.6) is 0 Å². The molecule has 6 heteroatoms. The highest BCUT2D eigenvalue weighted by atomic mass is 16.6. The van der Waals surface area contributed by atoms with Gasteiger partial charge in [-0.25, -0.2) is 0 Å². The average molecular weight is 257 g/mol. The predicted octanol–water partition coefficient (Wildman–Crippen LogP) is 2.98. The zero-order valence-corrected chi connectivity index (χ0v) is 10.2. The Morgan fingerprint density at radius 3 is 2.84 bits per heavy atom. The van der Waals surface area contributed by atoms with Crippen LogP contribution in [0.1, 0.15) is 17.1 Å². The Morgan fingerprint density at radius 1 is 1.42 bits per heavy atom. The fraction of sp³-hybridized carbons (Fsp3) is 0.154. The number of nitriles is 1. The molecule has 1 aromatic carbocycles. The number of rotatable bonds is 4. The molecular formula is C13H11N3O3. The van der Waals surface area contributed by atoms with Gasteiger partial charge in [0.05, 0.1) is 11.5 Å². The third-order valence-electron chi connectivity index (χ3n) is 2.64. The molecule has 0 aliphatic rings. The second-order valence-electron chi connectivity index (χ2n) is 3.99. The van der Waals surface area contributed by atoms with E-state index in [2.05, 4.69) is 5.32 Å². The van der Waals surface area contributed by atoms with Gasteiger partial charge in [-0.15, -0.1) is 0 Å². The van der Waals surface area contributed by atoms with Gasteiger partial charge in [-0.3, -0.25) is 10.1 Å². The minimum absolute atomic E-state index is 0.0714. The number of nitro groups is 1. The van der Waals surface area contributed by atoms with E-state index in [9.17, 15) is 10.1 Å². The molecule has 96 valence electrons. The lowest BCUT2D eigenvalue weighted by Gasteiger charge is -2.05. The molecule has 2 aromatic rings.